The first-order valence-corrected chi connectivity index (χ1v) is 5.23. The first kappa shape index (κ1) is 14.0. The highest BCUT2D eigenvalue weighted by molar-refractivity contribution is 5.90. The summed E-state index contributed by atoms with van der Waals surface area (Å²) in [6.45, 7) is 2.43. The molecule has 0 saturated heterocycles. The van der Waals surface area contributed by atoms with E-state index in [4.69, 9.17) is 5.11 Å². The van der Waals surface area contributed by atoms with Crippen LogP contribution in [0, 0.1) is 6.92 Å². The van der Waals surface area contributed by atoms with Crippen LogP contribution in [0.5, 0.6) is 0 Å². The van der Waals surface area contributed by atoms with Gasteiger partial charge in [0.2, 0.25) is 0 Å². The van der Waals surface area contributed by atoms with Crippen LogP contribution in [-0.2, 0) is 11.8 Å². The molecule has 18 heavy (non-hydrogen) atoms. The third-order valence-corrected chi connectivity index (χ3v) is 2.32. The summed E-state index contributed by atoms with van der Waals surface area (Å²) < 4.78 is 1.54. The normalized spacial score (nSPS) is 13.8. The number of aromatic nitrogens is 2. The van der Waals surface area contributed by atoms with E-state index in [-0.39, 0.29) is 0 Å². The number of carboxylic acid groups (broad SMARTS) is 1. The second-order valence-electron chi connectivity index (χ2n) is 4.19. The number of aliphatic hydroxyl groups is 1. The Kier molecular flexibility index (Phi) is 3.92. The van der Waals surface area contributed by atoms with Crippen LogP contribution >= 0.6 is 0 Å². The summed E-state index contributed by atoms with van der Waals surface area (Å²) in [6.07, 6.45) is 1.62. The van der Waals surface area contributed by atoms with E-state index >= 15 is 0 Å². The lowest BCUT2D eigenvalue weighted by Gasteiger charge is -2.18. The SMILES string of the molecule is Cc1nn(C)cc1NC(=O)NCC(C)(O)C(=O)O. The van der Waals surface area contributed by atoms with E-state index in [2.05, 4.69) is 15.7 Å². The van der Waals surface area contributed by atoms with E-state index in [1.165, 1.54) is 0 Å². The topological polar surface area (TPSA) is 116 Å². The maximum atomic E-state index is 11.5. The zero-order chi connectivity index (χ0) is 13.9. The van der Waals surface area contributed by atoms with Crippen molar-refractivity contribution >= 4 is 17.7 Å². The van der Waals surface area contributed by atoms with E-state index in [0.29, 0.717) is 11.4 Å². The lowest BCUT2D eigenvalue weighted by Crippen LogP contribution is -2.47. The zero-order valence-corrected chi connectivity index (χ0v) is 10.4. The average Bonchev–Trinajstić information content (AvgIpc) is 2.54. The predicted molar refractivity (Wildman–Crippen MR) is 63.2 cm³/mol. The minimum atomic E-state index is -2.00. The predicted octanol–water partition coefficient (Wildman–Crippen LogP) is -0.314. The first-order valence-electron chi connectivity index (χ1n) is 5.23. The summed E-state index contributed by atoms with van der Waals surface area (Å²) in [4.78, 5) is 22.1. The molecule has 1 aromatic heterocycles. The Labute approximate surface area is 104 Å². The molecule has 100 valence electrons. The van der Waals surface area contributed by atoms with Crippen LogP contribution in [0.3, 0.4) is 0 Å². The van der Waals surface area contributed by atoms with Crippen LogP contribution in [-0.4, -0.2) is 44.1 Å². The zero-order valence-electron chi connectivity index (χ0n) is 10.4. The van der Waals surface area contributed by atoms with Crippen molar-refractivity contribution in [2.45, 2.75) is 19.4 Å². The van der Waals surface area contributed by atoms with Crippen molar-refractivity contribution in [2.75, 3.05) is 11.9 Å². The Balaban J connectivity index is 2.53. The molecule has 1 aromatic rings. The Hall–Kier alpha value is -2.09. The average molecular weight is 256 g/mol. The number of urea groups is 1. The van der Waals surface area contributed by atoms with Crippen LogP contribution < -0.4 is 10.6 Å². The number of nitrogens with zero attached hydrogens (tertiary/aromatic N) is 2. The Morgan fingerprint density at radius 2 is 2.17 bits per heavy atom. The molecule has 1 unspecified atom stereocenters. The monoisotopic (exact) mass is 256 g/mol. The molecule has 0 spiro atoms. The number of amides is 2. The van der Waals surface area contributed by atoms with Gasteiger partial charge in [-0.2, -0.15) is 5.10 Å². The third-order valence-electron chi connectivity index (χ3n) is 2.32. The molecule has 0 bridgehead atoms. The molecule has 0 aliphatic rings. The van der Waals surface area contributed by atoms with Gasteiger partial charge < -0.3 is 20.8 Å². The minimum Gasteiger partial charge on any atom is -0.479 e. The summed E-state index contributed by atoms with van der Waals surface area (Å²) >= 11 is 0. The molecule has 0 fully saturated rings. The highest BCUT2D eigenvalue weighted by atomic mass is 16.4. The molecule has 8 heteroatoms. The summed E-state index contributed by atoms with van der Waals surface area (Å²) in [7, 11) is 1.71. The smallest absolute Gasteiger partial charge is 0.337 e. The summed E-state index contributed by atoms with van der Waals surface area (Å²) in [5, 5.41) is 26.9. The highest BCUT2D eigenvalue weighted by Gasteiger charge is 2.30. The fourth-order valence-corrected chi connectivity index (χ4v) is 1.22. The van der Waals surface area contributed by atoms with Gasteiger partial charge in [0.05, 0.1) is 17.9 Å². The molecule has 0 aliphatic heterocycles. The Morgan fingerprint density at radius 3 is 2.61 bits per heavy atom. The fourth-order valence-electron chi connectivity index (χ4n) is 1.22. The molecule has 0 aliphatic carbocycles. The molecule has 1 rings (SSSR count). The van der Waals surface area contributed by atoms with Gasteiger partial charge in [0.25, 0.3) is 0 Å². The summed E-state index contributed by atoms with van der Waals surface area (Å²) in [5.74, 6) is -1.40. The van der Waals surface area contributed by atoms with Gasteiger partial charge in [-0.05, 0) is 13.8 Å². The first-order chi connectivity index (χ1) is 8.22. The van der Waals surface area contributed by atoms with Gasteiger partial charge in [-0.1, -0.05) is 0 Å². The number of carboxylic acids is 1. The van der Waals surface area contributed by atoms with Crippen molar-refractivity contribution in [3.63, 3.8) is 0 Å². The van der Waals surface area contributed by atoms with Gasteiger partial charge >= 0.3 is 12.0 Å². The van der Waals surface area contributed by atoms with Crippen molar-refractivity contribution in [3.8, 4) is 0 Å². The molecule has 8 nitrogen and oxygen atoms in total. The standard InChI is InChI=1S/C10H16N4O4/c1-6-7(4-14(3)13-6)12-9(17)11-5-10(2,18)8(15)16/h4,18H,5H2,1-3H3,(H,15,16)(H2,11,12,17). The van der Waals surface area contributed by atoms with Crippen molar-refractivity contribution in [1.29, 1.82) is 0 Å². The lowest BCUT2D eigenvalue weighted by atomic mass is 10.1. The maximum Gasteiger partial charge on any atom is 0.337 e. The van der Waals surface area contributed by atoms with Crippen LogP contribution in [0.15, 0.2) is 6.20 Å². The van der Waals surface area contributed by atoms with Crippen LogP contribution in [0.25, 0.3) is 0 Å². The molecule has 4 N–H and O–H groups in total. The van der Waals surface area contributed by atoms with E-state index in [9.17, 15) is 14.7 Å². The number of hydrogen-bond acceptors (Lipinski definition) is 4. The van der Waals surface area contributed by atoms with Crippen molar-refractivity contribution in [2.24, 2.45) is 7.05 Å². The number of carbonyl (C=O) groups excluding carboxylic acids is 1. The molecule has 0 radical (unpaired) electrons. The molecule has 1 heterocycles. The van der Waals surface area contributed by atoms with Gasteiger partial charge in [0.1, 0.15) is 0 Å². The highest BCUT2D eigenvalue weighted by Crippen LogP contribution is 2.10. The number of aryl methyl sites for hydroxylation is 2. The number of hydrogen-bond donors (Lipinski definition) is 4. The van der Waals surface area contributed by atoms with Crippen molar-refractivity contribution < 1.29 is 19.8 Å². The molecule has 1 atom stereocenters. The van der Waals surface area contributed by atoms with Gasteiger partial charge in [0, 0.05) is 13.2 Å². The van der Waals surface area contributed by atoms with E-state index in [0.717, 1.165) is 6.92 Å². The maximum absolute atomic E-state index is 11.5. The summed E-state index contributed by atoms with van der Waals surface area (Å²) in [5.41, 5.74) is -0.843. The van der Waals surface area contributed by atoms with Crippen LogP contribution in [0.1, 0.15) is 12.6 Å². The van der Waals surface area contributed by atoms with E-state index in [1.807, 2.05) is 0 Å². The Bertz CT molecular complexity index is 466. The van der Waals surface area contributed by atoms with Crippen molar-refractivity contribution in [3.05, 3.63) is 11.9 Å². The molecule has 2 amide bonds. The second kappa shape index (κ2) is 5.05. The number of carbonyl (C=O) groups is 2. The van der Waals surface area contributed by atoms with Crippen LogP contribution in [0.2, 0.25) is 0 Å². The number of aliphatic carboxylic acids is 1. The quantitative estimate of drug-likeness (QED) is 0.589. The molecular weight excluding hydrogens is 240 g/mol. The van der Waals surface area contributed by atoms with Gasteiger partial charge in [0.15, 0.2) is 5.60 Å². The van der Waals surface area contributed by atoms with Gasteiger partial charge in [-0.25, -0.2) is 9.59 Å². The third kappa shape index (κ3) is 3.45. The molecular formula is C10H16N4O4. The molecule has 0 saturated carbocycles. The number of nitrogens with one attached hydrogen (secondary N) is 2. The summed E-state index contributed by atoms with van der Waals surface area (Å²) in [6, 6.07) is -0.604. The van der Waals surface area contributed by atoms with Crippen LogP contribution in [0.4, 0.5) is 10.5 Å². The van der Waals surface area contributed by atoms with E-state index in [1.54, 1.807) is 24.9 Å². The molecule has 0 aromatic carbocycles. The lowest BCUT2D eigenvalue weighted by molar-refractivity contribution is -0.155. The van der Waals surface area contributed by atoms with E-state index < -0.39 is 24.1 Å². The largest absolute Gasteiger partial charge is 0.479 e. The minimum absolute atomic E-state index is 0.395. The second-order valence-corrected chi connectivity index (χ2v) is 4.19. The fraction of sp³-hybridized carbons (Fsp3) is 0.500. The van der Waals surface area contributed by atoms with Gasteiger partial charge in [-0.15, -0.1) is 0 Å². The van der Waals surface area contributed by atoms with Gasteiger partial charge in [-0.3, -0.25) is 4.68 Å². The van der Waals surface area contributed by atoms with Crippen molar-refractivity contribution in [1.82, 2.24) is 15.1 Å². The Morgan fingerprint density at radius 1 is 1.56 bits per heavy atom. The number of rotatable bonds is 4. The number of anilines is 1.